The van der Waals surface area contributed by atoms with Crippen molar-refractivity contribution in [2.24, 2.45) is 0 Å². The number of halogens is 1. The van der Waals surface area contributed by atoms with E-state index < -0.39 is 0 Å². The normalized spacial score (nSPS) is 14.5. The third kappa shape index (κ3) is 4.76. The summed E-state index contributed by atoms with van der Waals surface area (Å²) in [7, 11) is 0. The number of amides is 2. The van der Waals surface area contributed by atoms with Crippen LogP contribution >= 0.6 is 0 Å². The number of H-pyrrole nitrogens is 1. The Balaban J connectivity index is 1.46. The minimum atomic E-state index is -0.268. The van der Waals surface area contributed by atoms with Crippen LogP contribution in [-0.2, 0) is 22.4 Å². The van der Waals surface area contributed by atoms with E-state index in [9.17, 15) is 14.0 Å². The van der Waals surface area contributed by atoms with Crippen LogP contribution in [0, 0.1) is 19.7 Å². The molecule has 1 fully saturated rings. The Hall–Kier alpha value is -2.63. The average molecular weight is 371 g/mol. The Labute approximate surface area is 159 Å². The van der Waals surface area contributed by atoms with Crippen LogP contribution in [0.4, 0.5) is 4.39 Å². The molecule has 0 atom stereocenters. The number of carbonyl (C=O) groups excluding carboxylic acids is 2. The predicted molar refractivity (Wildman–Crippen MR) is 102 cm³/mol. The van der Waals surface area contributed by atoms with Crippen molar-refractivity contribution in [3.05, 3.63) is 58.7 Å². The van der Waals surface area contributed by atoms with Gasteiger partial charge in [-0.1, -0.05) is 18.2 Å². The highest BCUT2D eigenvalue weighted by molar-refractivity contribution is 5.80. The smallest absolute Gasteiger partial charge is 0.227 e. The van der Waals surface area contributed by atoms with Gasteiger partial charge in [-0.15, -0.1) is 0 Å². The number of benzene rings is 1. The fourth-order valence-electron chi connectivity index (χ4n) is 3.55. The van der Waals surface area contributed by atoms with Crippen LogP contribution in [0.1, 0.15) is 28.9 Å². The molecule has 0 spiro atoms. The van der Waals surface area contributed by atoms with Crippen molar-refractivity contribution < 1.29 is 14.0 Å². The Morgan fingerprint density at radius 1 is 1.00 bits per heavy atom. The van der Waals surface area contributed by atoms with E-state index in [2.05, 4.69) is 4.98 Å². The largest absolute Gasteiger partial charge is 0.362 e. The summed E-state index contributed by atoms with van der Waals surface area (Å²) in [6.07, 6.45) is 1.07. The molecule has 1 aromatic heterocycles. The number of nitrogens with zero attached hydrogens (tertiary/aromatic N) is 2. The number of piperazine rings is 1. The highest BCUT2D eigenvalue weighted by Crippen LogP contribution is 2.14. The number of nitrogens with one attached hydrogen (secondary N) is 1. The van der Waals surface area contributed by atoms with Gasteiger partial charge in [-0.25, -0.2) is 4.39 Å². The van der Waals surface area contributed by atoms with Gasteiger partial charge in [0.15, 0.2) is 0 Å². The Bertz CT molecular complexity index is 823. The van der Waals surface area contributed by atoms with E-state index in [1.807, 2.05) is 24.8 Å². The first kappa shape index (κ1) is 19.1. The van der Waals surface area contributed by atoms with E-state index in [1.54, 1.807) is 23.1 Å². The summed E-state index contributed by atoms with van der Waals surface area (Å²) in [5, 5.41) is 0. The van der Waals surface area contributed by atoms with Crippen LogP contribution in [0.15, 0.2) is 30.3 Å². The maximum absolute atomic E-state index is 13.7. The van der Waals surface area contributed by atoms with Crippen LogP contribution in [0.25, 0.3) is 0 Å². The lowest BCUT2D eigenvalue weighted by Gasteiger charge is -2.35. The molecule has 1 aliphatic heterocycles. The Morgan fingerprint density at radius 3 is 2.22 bits per heavy atom. The summed E-state index contributed by atoms with van der Waals surface area (Å²) in [6.45, 7) is 6.12. The topological polar surface area (TPSA) is 56.4 Å². The predicted octanol–water partition coefficient (Wildman–Crippen LogP) is 2.62. The van der Waals surface area contributed by atoms with Gasteiger partial charge in [-0.05, 0) is 43.5 Å². The van der Waals surface area contributed by atoms with Crippen molar-refractivity contribution in [2.45, 2.75) is 33.1 Å². The second-order valence-electron chi connectivity index (χ2n) is 7.13. The number of rotatable bonds is 5. The minimum Gasteiger partial charge on any atom is -0.362 e. The molecular formula is C21H26FN3O2. The molecule has 5 nitrogen and oxygen atoms in total. The summed E-state index contributed by atoms with van der Waals surface area (Å²) >= 11 is 0. The van der Waals surface area contributed by atoms with Crippen LogP contribution in [-0.4, -0.2) is 52.8 Å². The molecule has 1 aliphatic rings. The van der Waals surface area contributed by atoms with Gasteiger partial charge in [0.1, 0.15) is 5.82 Å². The molecule has 27 heavy (non-hydrogen) atoms. The molecule has 1 saturated heterocycles. The Kier molecular flexibility index (Phi) is 5.94. The van der Waals surface area contributed by atoms with Crippen LogP contribution < -0.4 is 0 Å². The second kappa shape index (κ2) is 8.37. The number of hydrogen-bond donors (Lipinski definition) is 1. The van der Waals surface area contributed by atoms with E-state index in [4.69, 9.17) is 0 Å². The van der Waals surface area contributed by atoms with Gasteiger partial charge in [0, 0.05) is 44.0 Å². The fourth-order valence-corrected chi connectivity index (χ4v) is 3.55. The lowest BCUT2D eigenvalue weighted by Crippen LogP contribution is -2.51. The van der Waals surface area contributed by atoms with Gasteiger partial charge < -0.3 is 14.8 Å². The van der Waals surface area contributed by atoms with Crippen LogP contribution in [0.5, 0.6) is 0 Å². The molecule has 2 heterocycles. The molecule has 1 aromatic carbocycles. The summed E-state index contributed by atoms with van der Waals surface area (Å²) in [5.41, 5.74) is 3.68. The van der Waals surface area contributed by atoms with Crippen molar-refractivity contribution in [1.29, 1.82) is 0 Å². The third-order valence-electron chi connectivity index (χ3n) is 5.15. The maximum atomic E-state index is 13.7. The summed E-state index contributed by atoms with van der Waals surface area (Å²) < 4.78 is 13.7. The molecule has 0 aliphatic carbocycles. The zero-order valence-corrected chi connectivity index (χ0v) is 15.9. The van der Waals surface area contributed by atoms with Crippen molar-refractivity contribution >= 4 is 11.8 Å². The van der Waals surface area contributed by atoms with Gasteiger partial charge in [-0.3, -0.25) is 9.59 Å². The minimum absolute atomic E-state index is 0.0162. The standard InChI is InChI=1S/C21H26FN3O2/c1-15-13-18(16(2)23-15)14-21(27)25-11-9-24(10-12-25)20(26)8-7-17-5-3-4-6-19(17)22/h3-6,13,23H,7-12,14H2,1-2H3. The molecule has 0 unspecified atom stereocenters. The molecule has 3 rings (SSSR count). The molecule has 6 heteroatoms. The molecular weight excluding hydrogens is 345 g/mol. The number of carbonyl (C=O) groups is 2. The monoisotopic (exact) mass is 371 g/mol. The zero-order chi connectivity index (χ0) is 19.4. The van der Waals surface area contributed by atoms with Gasteiger partial charge in [-0.2, -0.15) is 0 Å². The van der Waals surface area contributed by atoms with Crippen LogP contribution in [0.3, 0.4) is 0 Å². The van der Waals surface area contributed by atoms with Gasteiger partial charge in [0.05, 0.1) is 6.42 Å². The zero-order valence-electron chi connectivity index (χ0n) is 15.9. The van der Waals surface area contributed by atoms with Gasteiger partial charge in [0.25, 0.3) is 0 Å². The molecule has 0 bridgehead atoms. The molecule has 2 aromatic rings. The van der Waals surface area contributed by atoms with Crippen molar-refractivity contribution in [1.82, 2.24) is 14.8 Å². The average Bonchev–Trinajstić information content (AvgIpc) is 2.97. The number of hydrogen-bond acceptors (Lipinski definition) is 2. The Morgan fingerprint density at radius 2 is 1.63 bits per heavy atom. The quantitative estimate of drug-likeness (QED) is 0.878. The fraction of sp³-hybridized carbons (Fsp3) is 0.429. The molecule has 2 amide bonds. The van der Waals surface area contributed by atoms with E-state index in [0.29, 0.717) is 44.6 Å². The van der Waals surface area contributed by atoms with Gasteiger partial charge in [0.2, 0.25) is 11.8 Å². The first-order valence-electron chi connectivity index (χ1n) is 9.38. The highest BCUT2D eigenvalue weighted by atomic mass is 19.1. The second-order valence-corrected chi connectivity index (χ2v) is 7.13. The lowest BCUT2D eigenvalue weighted by molar-refractivity contribution is -0.139. The summed E-state index contributed by atoms with van der Waals surface area (Å²) in [6, 6.07) is 8.56. The highest BCUT2D eigenvalue weighted by Gasteiger charge is 2.24. The van der Waals surface area contributed by atoms with Crippen molar-refractivity contribution in [3.63, 3.8) is 0 Å². The first-order chi connectivity index (χ1) is 12.9. The van der Waals surface area contributed by atoms with E-state index in [0.717, 1.165) is 17.0 Å². The van der Waals surface area contributed by atoms with E-state index >= 15 is 0 Å². The van der Waals surface area contributed by atoms with Crippen molar-refractivity contribution in [3.8, 4) is 0 Å². The number of aromatic nitrogens is 1. The SMILES string of the molecule is Cc1cc(CC(=O)N2CCN(C(=O)CCc3ccccc3F)CC2)c(C)[nH]1. The molecule has 144 valence electrons. The van der Waals surface area contributed by atoms with E-state index in [1.165, 1.54) is 6.07 Å². The summed E-state index contributed by atoms with van der Waals surface area (Å²) in [5.74, 6) is -0.158. The number of aromatic amines is 1. The third-order valence-corrected chi connectivity index (χ3v) is 5.15. The van der Waals surface area contributed by atoms with Crippen molar-refractivity contribution in [2.75, 3.05) is 26.2 Å². The lowest BCUT2D eigenvalue weighted by atomic mass is 10.1. The molecule has 0 radical (unpaired) electrons. The maximum Gasteiger partial charge on any atom is 0.227 e. The van der Waals surface area contributed by atoms with E-state index in [-0.39, 0.29) is 24.1 Å². The number of aryl methyl sites for hydroxylation is 3. The van der Waals surface area contributed by atoms with Crippen LogP contribution in [0.2, 0.25) is 0 Å². The first-order valence-corrected chi connectivity index (χ1v) is 9.38. The molecule has 1 N–H and O–H groups in total. The summed E-state index contributed by atoms with van der Waals surface area (Å²) in [4.78, 5) is 31.7. The van der Waals surface area contributed by atoms with Gasteiger partial charge >= 0.3 is 0 Å². The molecule has 0 saturated carbocycles.